The van der Waals surface area contributed by atoms with Crippen molar-refractivity contribution in [3.8, 4) is 10.6 Å². The number of amides is 1. The maximum Gasteiger partial charge on any atom is 0.312 e. The molecule has 4 rings (SSSR count). The summed E-state index contributed by atoms with van der Waals surface area (Å²) in [7, 11) is 0. The molecule has 120 valence electrons. The van der Waals surface area contributed by atoms with Crippen LogP contribution in [0.3, 0.4) is 0 Å². The molecule has 0 fully saturated rings. The number of anilines is 1. The van der Waals surface area contributed by atoms with E-state index in [2.05, 4.69) is 4.98 Å². The van der Waals surface area contributed by atoms with Crippen LogP contribution in [0.1, 0.15) is 22.0 Å². The number of hydrogen-bond donors (Lipinski definition) is 1. The molecule has 7 heteroatoms. The molecule has 2 aromatic heterocycles. The first kappa shape index (κ1) is 15.0. The van der Waals surface area contributed by atoms with E-state index in [1.54, 1.807) is 41.0 Å². The predicted octanol–water partition coefficient (Wildman–Crippen LogP) is 3.70. The molecule has 1 atom stereocenters. The number of fused-ring (bicyclic) bond motifs is 1. The smallest absolute Gasteiger partial charge is 0.312 e. The van der Waals surface area contributed by atoms with Crippen LogP contribution in [-0.2, 0) is 4.79 Å². The van der Waals surface area contributed by atoms with Gasteiger partial charge in [-0.3, -0.25) is 9.59 Å². The van der Waals surface area contributed by atoms with Gasteiger partial charge in [0.05, 0.1) is 0 Å². The highest BCUT2D eigenvalue weighted by Gasteiger charge is 2.37. The molecular formula is C17H12N2O3S2. The zero-order valence-electron chi connectivity index (χ0n) is 12.4. The Hall–Kier alpha value is -2.51. The molecule has 0 saturated heterocycles. The van der Waals surface area contributed by atoms with Gasteiger partial charge in [0.2, 0.25) is 0 Å². The number of aliphatic carboxylic acids is 1. The molecular weight excluding hydrogens is 344 g/mol. The third-order valence-corrected chi connectivity index (χ3v) is 5.58. The van der Waals surface area contributed by atoms with E-state index < -0.39 is 11.9 Å². The molecule has 1 aliphatic heterocycles. The number of thiophene rings is 1. The van der Waals surface area contributed by atoms with Gasteiger partial charge < -0.3 is 10.0 Å². The van der Waals surface area contributed by atoms with Crippen LogP contribution < -0.4 is 4.90 Å². The lowest BCUT2D eigenvalue weighted by molar-refractivity contribution is -0.138. The van der Waals surface area contributed by atoms with E-state index in [9.17, 15) is 14.7 Å². The van der Waals surface area contributed by atoms with Crippen molar-refractivity contribution in [3.05, 3.63) is 57.7 Å². The van der Waals surface area contributed by atoms with Crippen LogP contribution in [0.2, 0.25) is 0 Å². The molecule has 0 unspecified atom stereocenters. The molecule has 24 heavy (non-hydrogen) atoms. The summed E-state index contributed by atoms with van der Waals surface area (Å²) in [6, 6.07) is 9.10. The number of hydrogen-bond acceptors (Lipinski definition) is 5. The van der Waals surface area contributed by atoms with Crippen LogP contribution in [0.15, 0.2) is 46.5 Å². The number of carboxylic acids is 1. The van der Waals surface area contributed by atoms with Crippen molar-refractivity contribution in [2.24, 2.45) is 0 Å². The molecule has 0 spiro atoms. The Morgan fingerprint density at radius 3 is 2.79 bits per heavy atom. The summed E-state index contributed by atoms with van der Waals surface area (Å²) in [5.41, 5.74) is 2.67. The molecule has 3 aromatic rings. The summed E-state index contributed by atoms with van der Waals surface area (Å²) in [5, 5.41) is 15.9. The number of rotatable bonds is 3. The number of benzene rings is 1. The van der Waals surface area contributed by atoms with Crippen LogP contribution in [0.5, 0.6) is 0 Å². The van der Waals surface area contributed by atoms with Crippen LogP contribution in [0.4, 0.5) is 5.69 Å². The lowest BCUT2D eigenvalue weighted by Gasteiger charge is -2.15. The number of para-hydroxylation sites is 1. The first-order chi connectivity index (χ1) is 11.6. The highest BCUT2D eigenvalue weighted by molar-refractivity contribution is 7.14. The van der Waals surface area contributed by atoms with Gasteiger partial charge in [-0.2, -0.15) is 11.3 Å². The minimum absolute atomic E-state index is 0.138. The minimum atomic E-state index is -0.921. The Morgan fingerprint density at radius 2 is 2.04 bits per heavy atom. The highest BCUT2D eigenvalue weighted by Crippen LogP contribution is 2.37. The van der Waals surface area contributed by atoms with Gasteiger partial charge in [-0.15, -0.1) is 11.3 Å². The molecule has 0 aliphatic carbocycles. The number of carbonyl (C=O) groups is 2. The van der Waals surface area contributed by atoms with Gasteiger partial charge in [0.25, 0.3) is 5.91 Å². The molecule has 1 aromatic carbocycles. The van der Waals surface area contributed by atoms with E-state index in [1.807, 2.05) is 16.8 Å². The first-order valence-corrected chi connectivity index (χ1v) is 9.09. The Labute approximate surface area is 145 Å². The fourth-order valence-electron chi connectivity index (χ4n) is 2.84. The van der Waals surface area contributed by atoms with Gasteiger partial charge in [-0.25, -0.2) is 4.98 Å². The lowest BCUT2D eigenvalue weighted by Crippen LogP contribution is -2.31. The SMILES string of the molecule is O=C(O)[C@@H]1CN(C(=O)c2csc(-c3ccsc3)n2)c2ccccc21. The standard InChI is InChI=1S/C17H12N2O3S2/c20-16(13-9-24-15(18-13)10-5-6-23-8-10)19-7-12(17(21)22)11-3-1-2-4-14(11)19/h1-6,8-9,12H,7H2,(H,21,22)/t12-/m1/s1. The van der Waals surface area contributed by atoms with Gasteiger partial charge in [0.1, 0.15) is 16.6 Å². The molecule has 1 amide bonds. The zero-order valence-corrected chi connectivity index (χ0v) is 14.0. The van der Waals surface area contributed by atoms with Crippen molar-refractivity contribution in [3.63, 3.8) is 0 Å². The van der Waals surface area contributed by atoms with E-state index in [1.165, 1.54) is 16.2 Å². The second-order valence-electron chi connectivity index (χ2n) is 5.42. The lowest BCUT2D eigenvalue weighted by atomic mass is 10.0. The quantitative estimate of drug-likeness (QED) is 0.777. The van der Waals surface area contributed by atoms with E-state index in [0.29, 0.717) is 16.9 Å². The Morgan fingerprint density at radius 1 is 1.21 bits per heavy atom. The number of nitrogens with zero attached hydrogens (tertiary/aromatic N) is 2. The predicted molar refractivity (Wildman–Crippen MR) is 93.9 cm³/mol. The van der Waals surface area contributed by atoms with Gasteiger partial charge in [-0.05, 0) is 23.1 Å². The summed E-state index contributed by atoms with van der Waals surface area (Å²) < 4.78 is 0. The summed E-state index contributed by atoms with van der Waals surface area (Å²) in [6.45, 7) is 0.138. The van der Waals surface area contributed by atoms with Crippen molar-refractivity contribution in [1.29, 1.82) is 0 Å². The summed E-state index contributed by atoms with van der Waals surface area (Å²) in [4.78, 5) is 30.3. The molecule has 0 radical (unpaired) electrons. The monoisotopic (exact) mass is 356 g/mol. The summed E-state index contributed by atoms with van der Waals surface area (Å²) in [5.74, 6) is -1.88. The third-order valence-electron chi connectivity index (χ3n) is 4.00. The topological polar surface area (TPSA) is 70.5 Å². The van der Waals surface area contributed by atoms with E-state index in [0.717, 1.165) is 10.6 Å². The fraction of sp³-hybridized carbons (Fsp3) is 0.118. The molecule has 0 bridgehead atoms. The van der Waals surface area contributed by atoms with Crippen molar-refractivity contribution in [1.82, 2.24) is 4.98 Å². The second-order valence-corrected chi connectivity index (χ2v) is 7.05. The minimum Gasteiger partial charge on any atom is -0.481 e. The highest BCUT2D eigenvalue weighted by atomic mass is 32.1. The number of aromatic nitrogens is 1. The van der Waals surface area contributed by atoms with Gasteiger partial charge in [0.15, 0.2) is 0 Å². The Bertz CT molecular complexity index is 918. The van der Waals surface area contributed by atoms with Crippen molar-refractivity contribution in [2.75, 3.05) is 11.4 Å². The molecule has 1 N–H and O–H groups in total. The largest absolute Gasteiger partial charge is 0.481 e. The van der Waals surface area contributed by atoms with Crippen LogP contribution in [0.25, 0.3) is 10.6 Å². The fourth-order valence-corrected chi connectivity index (χ4v) is 4.35. The Kier molecular flexibility index (Phi) is 3.66. The number of thiazole rings is 1. The van der Waals surface area contributed by atoms with Crippen LogP contribution in [0, 0.1) is 0 Å². The summed E-state index contributed by atoms with van der Waals surface area (Å²) >= 11 is 2.99. The van der Waals surface area contributed by atoms with Crippen molar-refractivity contribution in [2.45, 2.75) is 5.92 Å². The second kappa shape index (κ2) is 5.85. The first-order valence-electron chi connectivity index (χ1n) is 7.27. The molecule has 0 saturated carbocycles. The van der Waals surface area contributed by atoms with Crippen LogP contribution in [-0.4, -0.2) is 28.5 Å². The normalized spacial score (nSPS) is 16.2. The number of carboxylic acid groups (broad SMARTS) is 1. The Balaban J connectivity index is 1.67. The average Bonchev–Trinajstić information content (AvgIpc) is 3.32. The zero-order chi connectivity index (χ0) is 16.7. The van der Waals surface area contributed by atoms with Gasteiger partial charge in [0, 0.05) is 28.6 Å². The maximum atomic E-state index is 12.8. The molecule has 1 aliphatic rings. The third kappa shape index (κ3) is 2.42. The molecule has 5 nitrogen and oxygen atoms in total. The van der Waals surface area contributed by atoms with Gasteiger partial charge >= 0.3 is 5.97 Å². The number of carbonyl (C=O) groups excluding carboxylic acids is 1. The van der Waals surface area contributed by atoms with Gasteiger partial charge in [-0.1, -0.05) is 18.2 Å². The average molecular weight is 356 g/mol. The molecule has 3 heterocycles. The van der Waals surface area contributed by atoms with E-state index in [4.69, 9.17) is 0 Å². The van der Waals surface area contributed by atoms with Crippen molar-refractivity contribution >= 4 is 40.2 Å². The van der Waals surface area contributed by atoms with Crippen molar-refractivity contribution < 1.29 is 14.7 Å². The maximum absolute atomic E-state index is 12.8. The van der Waals surface area contributed by atoms with E-state index in [-0.39, 0.29) is 12.5 Å². The summed E-state index contributed by atoms with van der Waals surface area (Å²) in [6.07, 6.45) is 0. The van der Waals surface area contributed by atoms with E-state index >= 15 is 0 Å². The van der Waals surface area contributed by atoms with Crippen LogP contribution >= 0.6 is 22.7 Å².